The molecule has 110 valence electrons. The highest BCUT2D eigenvalue weighted by Crippen LogP contribution is 2.06. The molecule has 5 nitrogen and oxygen atoms in total. The van der Waals surface area contributed by atoms with Gasteiger partial charge in [0.1, 0.15) is 11.6 Å². The molecule has 0 bridgehead atoms. The Morgan fingerprint density at radius 1 is 1.32 bits per heavy atom. The van der Waals surface area contributed by atoms with Crippen molar-refractivity contribution in [1.82, 2.24) is 10.6 Å². The van der Waals surface area contributed by atoms with Crippen molar-refractivity contribution in [2.45, 2.75) is 59.1 Å². The lowest BCUT2D eigenvalue weighted by molar-refractivity contribution is -0.122. The van der Waals surface area contributed by atoms with E-state index in [-0.39, 0.29) is 5.91 Å². The molecular weight excluding hydrogens is 264 g/mol. The number of rotatable bonds is 6. The molecular formula is C13H24N2O3S. The standard InChI is InChI=1S/C13H24N2O3S/c1-6-7-10(19)8-14-11(16)9(2)15-12(17)18-13(3,4)5/h9H,6-8H2,1-5H3,(H,14,16)(H,15,17)/t9-/m1/s1. The monoisotopic (exact) mass is 288 g/mol. The summed E-state index contributed by atoms with van der Waals surface area (Å²) < 4.78 is 5.07. The molecule has 6 heteroatoms. The van der Waals surface area contributed by atoms with Gasteiger partial charge in [0.25, 0.3) is 0 Å². The average Bonchev–Trinajstić information content (AvgIpc) is 2.23. The fourth-order valence-corrected chi connectivity index (χ4v) is 1.53. The number of thiocarbonyl (C=S) groups is 1. The molecule has 0 aliphatic rings. The van der Waals surface area contributed by atoms with Crippen LogP contribution in [-0.2, 0) is 9.53 Å². The van der Waals surface area contributed by atoms with Crippen LogP contribution in [0.25, 0.3) is 0 Å². The summed E-state index contributed by atoms with van der Waals surface area (Å²) in [6.45, 7) is 9.28. The highest BCUT2D eigenvalue weighted by atomic mass is 32.1. The van der Waals surface area contributed by atoms with Crippen LogP contribution in [0.15, 0.2) is 0 Å². The van der Waals surface area contributed by atoms with Gasteiger partial charge < -0.3 is 15.4 Å². The first-order chi connectivity index (χ1) is 8.65. The minimum atomic E-state index is -0.653. The minimum Gasteiger partial charge on any atom is -0.444 e. The molecule has 0 fully saturated rings. The summed E-state index contributed by atoms with van der Waals surface area (Å²) in [5.41, 5.74) is -0.580. The molecule has 0 rings (SSSR count). The predicted molar refractivity (Wildman–Crippen MR) is 79.3 cm³/mol. The number of ether oxygens (including phenoxy) is 1. The van der Waals surface area contributed by atoms with Crippen LogP contribution in [0.1, 0.15) is 47.5 Å². The van der Waals surface area contributed by atoms with E-state index in [9.17, 15) is 9.59 Å². The fraction of sp³-hybridized carbons (Fsp3) is 0.769. The second-order valence-electron chi connectivity index (χ2n) is 5.37. The van der Waals surface area contributed by atoms with Crippen molar-refractivity contribution in [1.29, 1.82) is 0 Å². The van der Waals surface area contributed by atoms with Crippen molar-refractivity contribution in [3.8, 4) is 0 Å². The highest BCUT2D eigenvalue weighted by molar-refractivity contribution is 7.80. The van der Waals surface area contributed by atoms with Crippen LogP contribution in [0.5, 0.6) is 0 Å². The van der Waals surface area contributed by atoms with Crippen molar-refractivity contribution >= 4 is 29.1 Å². The van der Waals surface area contributed by atoms with E-state index in [1.54, 1.807) is 27.7 Å². The van der Waals surface area contributed by atoms with Gasteiger partial charge in [-0.2, -0.15) is 0 Å². The molecule has 0 aromatic rings. The van der Waals surface area contributed by atoms with Crippen LogP contribution in [0, 0.1) is 0 Å². The number of hydrogen-bond acceptors (Lipinski definition) is 4. The van der Waals surface area contributed by atoms with Crippen LogP contribution < -0.4 is 10.6 Å². The van der Waals surface area contributed by atoms with Gasteiger partial charge in [-0.25, -0.2) is 4.79 Å². The van der Waals surface area contributed by atoms with E-state index >= 15 is 0 Å². The van der Waals surface area contributed by atoms with E-state index < -0.39 is 17.7 Å². The Morgan fingerprint density at radius 3 is 2.37 bits per heavy atom. The molecule has 2 N–H and O–H groups in total. The average molecular weight is 288 g/mol. The molecule has 0 aromatic carbocycles. The second-order valence-corrected chi connectivity index (χ2v) is 5.95. The van der Waals surface area contributed by atoms with Crippen molar-refractivity contribution < 1.29 is 14.3 Å². The second kappa shape index (κ2) is 8.09. The third-order valence-electron chi connectivity index (χ3n) is 2.12. The molecule has 0 saturated carbocycles. The number of carbonyl (C=O) groups is 2. The quantitative estimate of drug-likeness (QED) is 0.735. The Labute approximate surface area is 120 Å². The molecule has 0 aliphatic heterocycles. The summed E-state index contributed by atoms with van der Waals surface area (Å²) in [6, 6.07) is -0.653. The minimum absolute atomic E-state index is 0.274. The first-order valence-electron chi connectivity index (χ1n) is 6.44. The van der Waals surface area contributed by atoms with E-state index in [1.807, 2.05) is 6.92 Å². The Bertz CT molecular complexity index is 337. The maximum absolute atomic E-state index is 11.7. The third-order valence-corrected chi connectivity index (χ3v) is 2.46. The van der Waals surface area contributed by atoms with E-state index in [2.05, 4.69) is 10.6 Å². The van der Waals surface area contributed by atoms with E-state index in [4.69, 9.17) is 17.0 Å². The van der Waals surface area contributed by atoms with Gasteiger partial charge in [-0.3, -0.25) is 4.79 Å². The van der Waals surface area contributed by atoms with Crippen molar-refractivity contribution in [3.05, 3.63) is 0 Å². The zero-order chi connectivity index (χ0) is 15.1. The Morgan fingerprint density at radius 2 is 1.89 bits per heavy atom. The summed E-state index contributed by atoms with van der Waals surface area (Å²) >= 11 is 5.09. The summed E-state index contributed by atoms with van der Waals surface area (Å²) in [6.07, 6.45) is 1.16. The van der Waals surface area contributed by atoms with Crippen molar-refractivity contribution in [2.24, 2.45) is 0 Å². The fourth-order valence-electron chi connectivity index (χ4n) is 1.26. The lowest BCUT2D eigenvalue weighted by Gasteiger charge is -2.21. The van der Waals surface area contributed by atoms with Crippen molar-refractivity contribution in [3.63, 3.8) is 0 Å². The van der Waals surface area contributed by atoms with Gasteiger partial charge in [-0.05, 0) is 34.1 Å². The summed E-state index contributed by atoms with van der Waals surface area (Å²) in [5.74, 6) is -0.274. The maximum Gasteiger partial charge on any atom is 0.408 e. The number of hydrogen-bond donors (Lipinski definition) is 2. The summed E-state index contributed by atoms with van der Waals surface area (Å²) in [7, 11) is 0. The topological polar surface area (TPSA) is 67.4 Å². The Kier molecular flexibility index (Phi) is 7.59. The van der Waals surface area contributed by atoms with Gasteiger partial charge in [0.2, 0.25) is 5.91 Å². The van der Waals surface area contributed by atoms with E-state index in [0.29, 0.717) is 6.54 Å². The maximum atomic E-state index is 11.7. The molecule has 2 amide bonds. The smallest absolute Gasteiger partial charge is 0.408 e. The zero-order valence-corrected chi connectivity index (χ0v) is 13.1. The molecule has 0 aromatic heterocycles. The summed E-state index contributed by atoms with van der Waals surface area (Å²) in [4.78, 5) is 24.0. The lowest BCUT2D eigenvalue weighted by Crippen LogP contribution is -2.47. The number of nitrogens with one attached hydrogen (secondary N) is 2. The Hall–Kier alpha value is -1.17. The number of carbonyl (C=O) groups excluding carboxylic acids is 2. The SMILES string of the molecule is CCCC(=S)CNC(=O)[C@@H](C)NC(=O)OC(C)(C)C. The molecule has 1 atom stereocenters. The first kappa shape index (κ1) is 17.8. The van der Waals surface area contributed by atoms with Gasteiger partial charge in [-0.15, -0.1) is 0 Å². The van der Waals surface area contributed by atoms with E-state index in [0.717, 1.165) is 17.7 Å². The molecule has 0 spiro atoms. The first-order valence-corrected chi connectivity index (χ1v) is 6.85. The lowest BCUT2D eigenvalue weighted by atomic mass is 10.2. The van der Waals surface area contributed by atoms with Crippen LogP contribution in [0.3, 0.4) is 0 Å². The molecule has 0 saturated heterocycles. The molecule has 0 radical (unpaired) electrons. The normalized spacial score (nSPS) is 12.5. The third kappa shape index (κ3) is 9.41. The van der Waals surface area contributed by atoms with Crippen LogP contribution >= 0.6 is 12.2 Å². The summed E-state index contributed by atoms with van der Waals surface area (Å²) in [5, 5.41) is 5.16. The highest BCUT2D eigenvalue weighted by Gasteiger charge is 2.20. The van der Waals surface area contributed by atoms with Crippen LogP contribution in [0.2, 0.25) is 0 Å². The molecule has 0 heterocycles. The van der Waals surface area contributed by atoms with Gasteiger partial charge in [-0.1, -0.05) is 25.6 Å². The van der Waals surface area contributed by atoms with Crippen LogP contribution in [0.4, 0.5) is 4.79 Å². The van der Waals surface area contributed by atoms with E-state index in [1.165, 1.54) is 0 Å². The van der Waals surface area contributed by atoms with Crippen molar-refractivity contribution in [2.75, 3.05) is 6.54 Å². The zero-order valence-electron chi connectivity index (χ0n) is 12.3. The Balaban J connectivity index is 4.07. The van der Waals surface area contributed by atoms with Gasteiger partial charge in [0, 0.05) is 11.4 Å². The number of alkyl carbamates (subject to hydrolysis) is 1. The molecule has 19 heavy (non-hydrogen) atoms. The largest absolute Gasteiger partial charge is 0.444 e. The van der Waals surface area contributed by atoms with Crippen LogP contribution in [-0.4, -0.2) is 35.1 Å². The predicted octanol–water partition coefficient (Wildman–Crippen LogP) is 2.19. The van der Waals surface area contributed by atoms with Gasteiger partial charge >= 0.3 is 6.09 Å². The molecule has 0 unspecified atom stereocenters. The number of amides is 2. The molecule has 0 aliphatic carbocycles. The van der Waals surface area contributed by atoms with Gasteiger partial charge in [0.05, 0.1) is 0 Å². The van der Waals surface area contributed by atoms with Gasteiger partial charge in [0.15, 0.2) is 0 Å².